The lowest BCUT2D eigenvalue weighted by Gasteiger charge is -2.10. The fourth-order valence-electron chi connectivity index (χ4n) is 4.08. The Bertz CT molecular complexity index is 1160. The quantitative estimate of drug-likeness (QED) is 0.204. The predicted molar refractivity (Wildman–Crippen MR) is 102 cm³/mol. The summed E-state index contributed by atoms with van der Waals surface area (Å²) in [4.78, 5) is 0. The van der Waals surface area contributed by atoms with Gasteiger partial charge in [0.15, 0.2) is 0 Å². The zero-order valence-electron chi connectivity index (χ0n) is 13.9. The fourth-order valence-corrected chi connectivity index (χ4v) is 4.08. The number of hydrogen-bond acceptors (Lipinski definition) is 0. The van der Waals surface area contributed by atoms with E-state index in [1.165, 1.54) is 48.9 Å². The van der Waals surface area contributed by atoms with Gasteiger partial charge in [-0.2, -0.15) is 4.57 Å². The molecule has 114 valence electrons. The van der Waals surface area contributed by atoms with E-state index < -0.39 is 0 Å². The Labute approximate surface area is 140 Å². The van der Waals surface area contributed by atoms with Crippen molar-refractivity contribution in [2.24, 2.45) is 7.05 Å². The molecule has 4 aromatic carbocycles. The second-order valence-electron chi connectivity index (χ2n) is 6.59. The van der Waals surface area contributed by atoms with E-state index in [-0.39, 0.29) is 0 Å². The molecule has 0 atom stereocenters. The number of hydrogen-bond donors (Lipinski definition) is 0. The molecule has 0 unspecified atom stereocenters. The molecule has 1 heterocycles. The number of benzene rings is 4. The number of fused-ring (bicyclic) bond motifs is 5. The van der Waals surface area contributed by atoms with Gasteiger partial charge in [-0.25, -0.2) is 0 Å². The molecule has 0 aliphatic carbocycles. The van der Waals surface area contributed by atoms with Crippen LogP contribution in [0.5, 0.6) is 0 Å². The standard InChI is InChI=1S/C23H18N/c1-15-20-9-5-3-7-16(20)13-18-11-12-19-14-17-8-4-6-10-21(17)24(2)23(19)22(15)18/h3-14H,1-2H3/q+1. The molecule has 0 aliphatic heterocycles. The molecule has 0 spiro atoms. The Morgan fingerprint density at radius 1 is 0.667 bits per heavy atom. The van der Waals surface area contributed by atoms with Crippen LogP contribution in [0.2, 0.25) is 0 Å². The number of pyridine rings is 1. The first-order valence-corrected chi connectivity index (χ1v) is 8.36. The Hall–Kier alpha value is -2.93. The van der Waals surface area contributed by atoms with E-state index in [0.29, 0.717) is 0 Å². The first-order valence-electron chi connectivity index (χ1n) is 8.36. The van der Waals surface area contributed by atoms with Crippen LogP contribution in [0.4, 0.5) is 0 Å². The van der Waals surface area contributed by atoms with Gasteiger partial charge in [-0.3, -0.25) is 0 Å². The van der Waals surface area contributed by atoms with Crippen molar-refractivity contribution in [1.82, 2.24) is 0 Å². The minimum absolute atomic E-state index is 1.27. The summed E-state index contributed by atoms with van der Waals surface area (Å²) >= 11 is 0. The summed E-state index contributed by atoms with van der Waals surface area (Å²) in [5.74, 6) is 0. The molecular formula is C23H18N+. The maximum atomic E-state index is 2.34. The zero-order chi connectivity index (χ0) is 16.3. The van der Waals surface area contributed by atoms with E-state index in [2.05, 4.69) is 91.3 Å². The molecule has 5 rings (SSSR count). The van der Waals surface area contributed by atoms with Gasteiger partial charge in [-0.1, -0.05) is 42.5 Å². The van der Waals surface area contributed by atoms with Gasteiger partial charge >= 0.3 is 0 Å². The van der Waals surface area contributed by atoms with Crippen molar-refractivity contribution in [1.29, 1.82) is 0 Å². The van der Waals surface area contributed by atoms with Gasteiger partial charge in [0.1, 0.15) is 7.05 Å². The summed E-state index contributed by atoms with van der Waals surface area (Å²) in [5.41, 5.74) is 3.94. The average Bonchev–Trinajstić information content (AvgIpc) is 2.62. The van der Waals surface area contributed by atoms with Crippen molar-refractivity contribution in [3.63, 3.8) is 0 Å². The van der Waals surface area contributed by atoms with Crippen LogP contribution in [0.15, 0.2) is 72.8 Å². The van der Waals surface area contributed by atoms with E-state index in [4.69, 9.17) is 0 Å². The first-order chi connectivity index (χ1) is 11.7. The van der Waals surface area contributed by atoms with Crippen LogP contribution in [0.25, 0.3) is 43.4 Å². The van der Waals surface area contributed by atoms with Crippen molar-refractivity contribution in [3.05, 3.63) is 78.4 Å². The molecule has 5 aromatic rings. The van der Waals surface area contributed by atoms with E-state index >= 15 is 0 Å². The highest BCUT2D eigenvalue weighted by molar-refractivity contribution is 6.13. The summed E-state index contributed by atoms with van der Waals surface area (Å²) in [5, 5.41) is 7.90. The number of rotatable bonds is 0. The highest BCUT2D eigenvalue weighted by Crippen LogP contribution is 2.32. The molecule has 0 saturated carbocycles. The smallest absolute Gasteiger partial charge is 0.194 e. The summed E-state index contributed by atoms with van der Waals surface area (Å²) in [7, 11) is 2.18. The molecule has 1 heteroatoms. The highest BCUT2D eigenvalue weighted by atomic mass is 14.9. The van der Waals surface area contributed by atoms with Gasteiger partial charge in [-0.15, -0.1) is 0 Å². The number of aromatic nitrogens is 1. The first kappa shape index (κ1) is 13.5. The van der Waals surface area contributed by atoms with Gasteiger partial charge in [0.25, 0.3) is 0 Å². The van der Waals surface area contributed by atoms with E-state index in [0.717, 1.165) is 0 Å². The number of para-hydroxylation sites is 1. The molecule has 0 saturated heterocycles. The van der Waals surface area contributed by atoms with Crippen molar-refractivity contribution in [3.8, 4) is 0 Å². The molecule has 0 aliphatic rings. The van der Waals surface area contributed by atoms with Crippen LogP contribution < -0.4 is 4.57 Å². The predicted octanol–water partition coefficient (Wildman–Crippen LogP) is 5.43. The third kappa shape index (κ3) is 1.73. The molecule has 0 amide bonds. The Morgan fingerprint density at radius 2 is 1.33 bits per heavy atom. The van der Waals surface area contributed by atoms with Crippen LogP contribution >= 0.6 is 0 Å². The fraction of sp³-hybridized carbons (Fsp3) is 0.0870. The van der Waals surface area contributed by atoms with E-state index in [9.17, 15) is 0 Å². The molecule has 0 bridgehead atoms. The van der Waals surface area contributed by atoms with Crippen molar-refractivity contribution in [2.45, 2.75) is 6.92 Å². The maximum Gasteiger partial charge on any atom is 0.220 e. The second-order valence-corrected chi connectivity index (χ2v) is 6.59. The monoisotopic (exact) mass is 308 g/mol. The van der Waals surface area contributed by atoms with Crippen LogP contribution in [-0.4, -0.2) is 0 Å². The van der Waals surface area contributed by atoms with Crippen LogP contribution in [0, 0.1) is 6.92 Å². The summed E-state index contributed by atoms with van der Waals surface area (Å²) in [6.45, 7) is 2.25. The van der Waals surface area contributed by atoms with Crippen LogP contribution in [0.1, 0.15) is 5.56 Å². The van der Waals surface area contributed by atoms with E-state index in [1.807, 2.05) is 0 Å². The lowest BCUT2D eigenvalue weighted by molar-refractivity contribution is -0.616. The Kier molecular flexibility index (Phi) is 2.69. The Balaban J connectivity index is 2.10. The van der Waals surface area contributed by atoms with Crippen molar-refractivity contribution in [2.75, 3.05) is 0 Å². The highest BCUT2D eigenvalue weighted by Gasteiger charge is 2.17. The molecule has 0 radical (unpaired) electrons. The average molecular weight is 308 g/mol. The summed E-state index contributed by atoms with van der Waals surface area (Å²) in [6, 6.07) is 26.4. The van der Waals surface area contributed by atoms with Gasteiger partial charge < -0.3 is 0 Å². The van der Waals surface area contributed by atoms with Gasteiger partial charge in [0.2, 0.25) is 11.0 Å². The van der Waals surface area contributed by atoms with Gasteiger partial charge in [0, 0.05) is 16.8 Å². The molecule has 0 N–H and O–H groups in total. The third-order valence-corrected chi connectivity index (χ3v) is 5.24. The molecule has 1 aromatic heterocycles. The van der Waals surface area contributed by atoms with Gasteiger partial charge in [-0.05, 0) is 52.9 Å². The van der Waals surface area contributed by atoms with Crippen LogP contribution in [0.3, 0.4) is 0 Å². The van der Waals surface area contributed by atoms with Crippen molar-refractivity contribution < 1.29 is 4.57 Å². The minimum atomic E-state index is 1.27. The minimum Gasteiger partial charge on any atom is -0.194 e. The van der Waals surface area contributed by atoms with Gasteiger partial charge in [0.05, 0.1) is 5.39 Å². The van der Waals surface area contributed by atoms with Crippen LogP contribution in [-0.2, 0) is 7.05 Å². The lowest BCUT2D eigenvalue weighted by Crippen LogP contribution is -2.30. The Morgan fingerprint density at radius 3 is 2.21 bits per heavy atom. The molecule has 1 nitrogen and oxygen atoms in total. The SMILES string of the molecule is Cc1c2ccccc2cc2ccc3cc4ccccc4[n+](C)c3c12. The van der Waals surface area contributed by atoms with Crippen molar-refractivity contribution >= 4 is 43.4 Å². The largest absolute Gasteiger partial charge is 0.220 e. The summed E-state index contributed by atoms with van der Waals surface area (Å²) in [6.07, 6.45) is 0. The lowest BCUT2D eigenvalue weighted by atomic mass is 9.95. The number of nitrogens with zero attached hydrogens (tertiary/aromatic N) is 1. The molecular weight excluding hydrogens is 290 g/mol. The third-order valence-electron chi connectivity index (χ3n) is 5.24. The zero-order valence-corrected chi connectivity index (χ0v) is 13.9. The maximum absolute atomic E-state index is 2.34. The van der Waals surface area contributed by atoms with E-state index in [1.54, 1.807) is 0 Å². The normalized spacial score (nSPS) is 11.8. The topological polar surface area (TPSA) is 3.88 Å². The second kappa shape index (κ2) is 4.78. The molecule has 24 heavy (non-hydrogen) atoms. The summed E-state index contributed by atoms with van der Waals surface area (Å²) < 4.78 is 2.34. The molecule has 0 fully saturated rings. The number of aryl methyl sites for hydroxylation is 2.